The van der Waals surface area contributed by atoms with Gasteiger partial charge in [0.05, 0.1) is 28.6 Å². The Morgan fingerprint density at radius 3 is 2.79 bits per heavy atom. The van der Waals surface area contributed by atoms with Crippen molar-refractivity contribution in [3.05, 3.63) is 92.8 Å². The van der Waals surface area contributed by atoms with Crippen LogP contribution in [0.3, 0.4) is 0 Å². The van der Waals surface area contributed by atoms with Crippen molar-refractivity contribution in [3.8, 4) is 11.4 Å². The second kappa shape index (κ2) is 10.6. The largest absolute Gasteiger partial charge is 1.00 e. The van der Waals surface area contributed by atoms with Crippen LogP contribution in [0.15, 0.2) is 66.0 Å². The Bertz CT molecular complexity index is 1510. The first-order valence-corrected chi connectivity index (χ1v) is 11.2. The maximum atomic E-state index is 11.2. The molecule has 0 atom stereocenters. The molecule has 34 heavy (non-hydrogen) atoms. The number of halogens is 1. The Morgan fingerprint density at radius 1 is 1.09 bits per heavy atom. The van der Waals surface area contributed by atoms with E-state index in [4.69, 9.17) is 11.6 Å². The van der Waals surface area contributed by atoms with Crippen LogP contribution in [0.4, 0.5) is 0 Å². The normalized spacial score (nSPS) is 11.1. The van der Waals surface area contributed by atoms with Crippen molar-refractivity contribution >= 4 is 52.0 Å². The van der Waals surface area contributed by atoms with Crippen LogP contribution in [0.5, 0.6) is 0 Å². The number of hydrogen-bond acceptors (Lipinski definition) is 7. The summed E-state index contributed by atoms with van der Waals surface area (Å²) in [6.07, 6.45) is 3.89. The average molecular weight is 496 g/mol. The molecule has 0 unspecified atom stereocenters. The first-order chi connectivity index (χ1) is 16.0. The molecule has 0 saturated heterocycles. The molecular weight excluding hydrogens is 481 g/mol. The molecule has 0 aliphatic rings. The van der Waals surface area contributed by atoms with Gasteiger partial charge in [0, 0.05) is 16.0 Å². The van der Waals surface area contributed by atoms with Gasteiger partial charge in [-0.3, -0.25) is 0 Å². The molecule has 162 valence electrons. The molecule has 3 aromatic heterocycles. The minimum Gasteiger partial charge on any atom is -0.544 e. The third kappa shape index (κ3) is 5.43. The number of carboxylic acids is 1. The molecule has 7 nitrogen and oxygen atoms in total. The van der Waals surface area contributed by atoms with E-state index in [9.17, 15) is 9.90 Å². The van der Waals surface area contributed by atoms with Gasteiger partial charge in [0.25, 0.3) is 0 Å². The molecule has 10 heteroatoms. The van der Waals surface area contributed by atoms with Crippen molar-refractivity contribution in [1.29, 1.82) is 0 Å². The number of fused-ring (bicyclic) bond motifs is 1. The predicted molar refractivity (Wildman–Crippen MR) is 127 cm³/mol. The second-order valence-electron chi connectivity index (χ2n) is 7.24. The van der Waals surface area contributed by atoms with Crippen molar-refractivity contribution in [2.45, 2.75) is 6.54 Å². The first-order valence-electron chi connectivity index (χ1n) is 9.95. The maximum Gasteiger partial charge on any atom is 1.00 e. The van der Waals surface area contributed by atoms with Gasteiger partial charge in [-0.25, -0.2) is 4.98 Å². The van der Waals surface area contributed by atoms with Gasteiger partial charge in [-0.05, 0) is 58.1 Å². The van der Waals surface area contributed by atoms with Gasteiger partial charge >= 0.3 is 29.6 Å². The van der Waals surface area contributed by atoms with E-state index in [0.717, 1.165) is 39.1 Å². The molecule has 5 aromatic rings. The second-order valence-corrected chi connectivity index (χ2v) is 8.59. The number of thiophene rings is 1. The smallest absolute Gasteiger partial charge is 0.544 e. The van der Waals surface area contributed by atoms with E-state index in [1.807, 2.05) is 66.7 Å². The summed E-state index contributed by atoms with van der Waals surface area (Å²) < 4.78 is 0. The van der Waals surface area contributed by atoms with Gasteiger partial charge in [0.2, 0.25) is 5.82 Å². The number of pyridine rings is 1. The Morgan fingerprint density at radius 2 is 1.94 bits per heavy atom. The van der Waals surface area contributed by atoms with Crippen LogP contribution in [0, 0.1) is 0 Å². The number of carbonyl (C=O) groups is 1. The van der Waals surface area contributed by atoms with Crippen molar-refractivity contribution < 1.29 is 39.5 Å². The molecular formula is C24H15ClN5NaO2S. The van der Waals surface area contributed by atoms with Gasteiger partial charge < -0.3 is 9.90 Å². The molecule has 0 saturated carbocycles. The van der Waals surface area contributed by atoms with Crippen LogP contribution in [0.25, 0.3) is 34.4 Å². The summed E-state index contributed by atoms with van der Waals surface area (Å²) >= 11 is 7.19. The minimum atomic E-state index is -1.20. The van der Waals surface area contributed by atoms with Crippen LogP contribution in [0.2, 0.25) is 5.02 Å². The van der Waals surface area contributed by atoms with Crippen LogP contribution < -0.4 is 34.7 Å². The number of carboxylic acid groups (broad SMARTS) is 1. The number of rotatable bonds is 6. The van der Waals surface area contributed by atoms with Gasteiger partial charge in [-0.2, -0.15) is 4.80 Å². The summed E-state index contributed by atoms with van der Waals surface area (Å²) in [6.45, 7) is 0.205. The van der Waals surface area contributed by atoms with Gasteiger partial charge in [-0.1, -0.05) is 48.0 Å². The number of benzene rings is 2. The molecule has 0 aliphatic carbocycles. The van der Waals surface area contributed by atoms with E-state index in [2.05, 4.69) is 20.4 Å². The van der Waals surface area contributed by atoms with Gasteiger partial charge in [0.1, 0.15) is 0 Å². The zero-order valence-corrected chi connectivity index (χ0v) is 21.6. The van der Waals surface area contributed by atoms with Gasteiger partial charge in [-0.15, -0.1) is 21.5 Å². The fraction of sp³-hybridized carbons (Fsp3) is 0.0417. The number of nitrogens with zero attached hydrogens (tertiary/aromatic N) is 5. The first kappa shape index (κ1) is 24.3. The number of carbonyl (C=O) groups excluding carboxylic acids is 1. The third-order valence-corrected chi connectivity index (χ3v) is 6.14. The van der Waals surface area contributed by atoms with Crippen molar-refractivity contribution in [2.75, 3.05) is 0 Å². The molecule has 0 radical (unpaired) electrons. The zero-order chi connectivity index (χ0) is 22.8. The van der Waals surface area contributed by atoms with Crippen molar-refractivity contribution in [3.63, 3.8) is 0 Å². The molecule has 0 aliphatic heterocycles. The topological polar surface area (TPSA) is 96.6 Å². The van der Waals surface area contributed by atoms with E-state index in [1.54, 1.807) is 11.4 Å². The van der Waals surface area contributed by atoms with Crippen LogP contribution >= 0.6 is 22.9 Å². The molecule has 5 rings (SSSR count). The van der Waals surface area contributed by atoms with Crippen LogP contribution in [0.1, 0.15) is 26.5 Å². The average Bonchev–Trinajstić information content (AvgIpc) is 3.48. The predicted octanol–water partition coefficient (Wildman–Crippen LogP) is 1.19. The van der Waals surface area contributed by atoms with Gasteiger partial charge in [0.15, 0.2) is 0 Å². The number of tetrazole rings is 1. The van der Waals surface area contributed by atoms with Crippen molar-refractivity contribution in [2.24, 2.45) is 0 Å². The molecule has 0 fully saturated rings. The summed E-state index contributed by atoms with van der Waals surface area (Å²) in [4.78, 5) is 17.4. The minimum absolute atomic E-state index is 0. The number of aromatic carboxylic acids is 1. The summed E-state index contributed by atoms with van der Waals surface area (Å²) in [7, 11) is 0. The number of hydrogen-bond donors (Lipinski definition) is 0. The molecule has 3 heterocycles. The quantitative estimate of drug-likeness (QED) is 0.328. The Labute approximate surface area is 226 Å². The summed E-state index contributed by atoms with van der Waals surface area (Å²) in [5.41, 5.74) is 4.00. The zero-order valence-electron chi connectivity index (χ0n) is 18.1. The molecule has 0 spiro atoms. The standard InChI is InChI=1S/C24H16ClN5O2S.Na/c25-19-7-5-16-6-9-20(26-21(16)13-19)8-4-15-2-1-3-17(12-15)23-27-29-30(28-23)14-18-10-11-33-22(18)24(31)32;/h1-13H,14H2,(H,31,32);/q;+1/p-1/b8-4+;. The van der Waals surface area contributed by atoms with E-state index < -0.39 is 5.97 Å². The van der Waals surface area contributed by atoms with E-state index in [1.165, 1.54) is 4.80 Å². The summed E-state index contributed by atoms with van der Waals surface area (Å²) in [5, 5.41) is 27.1. The fourth-order valence-electron chi connectivity index (χ4n) is 3.38. The Hall–Kier alpha value is -2.88. The summed E-state index contributed by atoms with van der Waals surface area (Å²) in [6, 6.07) is 19.1. The van der Waals surface area contributed by atoms with E-state index >= 15 is 0 Å². The van der Waals surface area contributed by atoms with Crippen LogP contribution in [-0.2, 0) is 6.54 Å². The SMILES string of the molecule is O=C([O-])c1sccc1Cn1nnc(-c2cccc(/C=C/c3ccc4ccc(Cl)cc4n3)c2)n1.[Na+]. The third-order valence-electron chi connectivity index (χ3n) is 4.96. The van der Waals surface area contributed by atoms with Crippen molar-refractivity contribution in [1.82, 2.24) is 25.2 Å². The van der Waals surface area contributed by atoms with E-state index in [-0.39, 0.29) is 41.0 Å². The maximum absolute atomic E-state index is 11.2. The molecule has 0 amide bonds. The van der Waals surface area contributed by atoms with E-state index in [0.29, 0.717) is 16.4 Å². The number of aromatic nitrogens is 5. The fourth-order valence-corrected chi connectivity index (χ4v) is 4.29. The molecule has 2 aromatic carbocycles. The Balaban J connectivity index is 0.00000274. The molecule has 0 N–H and O–H groups in total. The molecule has 0 bridgehead atoms. The monoisotopic (exact) mass is 495 g/mol. The Kier molecular flexibility index (Phi) is 7.55. The summed E-state index contributed by atoms with van der Waals surface area (Å²) in [5.74, 6) is -0.752. The van der Waals surface area contributed by atoms with Crippen LogP contribution in [-0.4, -0.2) is 31.2 Å².